The molecule has 0 aliphatic rings. The molecule has 0 fully saturated rings. The fourth-order valence-corrected chi connectivity index (χ4v) is 3.33. The molecule has 27 heavy (non-hydrogen) atoms. The fraction of sp³-hybridized carbons (Fsp3) is 0.955. The van der Waals surface area contributed by atoms with E-state index in [9.17, 15) is 4.79 Å². The van der Waals surface area contributed by atoms with Crippen molar-refractivity contribution in [1.82, 2.24) is 0 Å². The molecule has 4 N–H and O–H groups in total. The number of hydrogen-bond donors (Lipinski definition) is 3. The third-order valence-electron chi connectivity index (χ3n) is 5.04. The molecule has 0 saturated heterocycles. The standard InChI is InChI=1S/C22H45NO4/c23-20-22(26)27-19-17-15-13-11-9-7-5-3-1-2-4-6-8-10-12-14-16-18-21(24)25/h21,24-25H,1-20,23H2. The number of carbonyl (C=O) groups excluding carboxylic acids is 1. The van der Waals surface area contributed by atoms with Gasteiger partial charge in [0.25, 0.3) is 0 Å². The van der Waals surface area contributed by atoms with E-state index in [1.54, 1.807) is 0 Å². The Morgan fingerprint density at radius 3 is 1.30 bits per heavy atom. The zero-order chi connectivity index (χ0) is 20.0. The highest BCUT2D eigenvalue weighted by Crippen LogP contribution is 2.14. The SMILES string of the molecule is NCC(=O)OCCCCCCCCCCCCCCCCCCCC(O)O. The van der Waals surface area contributed by atoms with Crippen molar-refractivity contribution in [3.8, 4) is 0 Å². The second-order valence-corrected chi connectivity index (χ2v) is 7.70. The van der Waals surface area contributed by atoms with Crippen molar-refractivity contribution >= 4 is 5.97 Å². The molecule has 0 heterocycles. The molecule has 0 amide bonds. The Bertz CT molecular complexity index is 311. The average Bonchev–Trinajstić information content (AvgIpc) is 2.65. The summed E-state index contributed by atoms with van der Waals surface area (Å²) in [4.78, 5) is 10.9. The molecule has 0 radical (unpaired) electrons. The summed E-state index contributed by atoms with van der Waals surface area (Å²) in [6, 6.07) is 0. The number of ether oxygens (including phenoxy) is 1. The number of unbranched alkanes of at least 4 members (excludes halogenated alkanes) is 16. The minimum Gasteiger partial charge on any atom is -0.465 e. The van der Waals surface area contributed by atoms with E-state index < -0.39 is 6.29 Å². The second-order valence-electron chi connectivity index (χ2n) is 7.70. The molecule has 0 rings (SSSR count). The first kappa shape index (κ1) is 26.4. The van der Waals surface area contributed by atoms with Crippen molar-refractivity contribution < 1.29 is 19.7 Å². The highest BCUT2D eigenvalue weighted by Gasteiger charge is 1.99. The molecule has 0 aromatic rings. The maximum absolute atomic E-state index is 10.9. The minimum atomic E-state index is -1.12. The van der Waals surface area contributed by atoms with E-state index in [-0.39, 0.29) is 12.5 Å². The number of rotatable bonds is 21. The van der Waals surface area contributed by atoms with Crippen LogP contribution in [0.25, 0.3) is 0 Å². The molecular weight excluding hydrogens is 342 g/mol. The Labute approximate surface area is 167 Å². The summed E-state index contributed by atoms with van der Waals surface area (Å²) in [7, 11) is 0. The Morgan fingerprint density at radius 2 is 0.963 bits per heavy atom. The zero-order valence-corrected chi connectivity index (χ0v) is 17.5. The third kappa shape index (κ3) is 23.3. The van der Waals surface area contributed by atoms with Gasteiger partial charge in [0.05, 0.1) is 13.2 Å². The summed E-state index contributed by atoms with van der Waals surface area (Å²) in [5, 5.41) is 17.5. The number of nitrogens with two attached hydrogens (primary N) is 1. The third-order valence-corrected chi connectivity index (χ3v) is 5.04. The summed E-state index contributed by atoms with van der Waals surface area (Å²) >= 11 is 0. The molecule has 0 aromatic carbocycles. The van der Waals surface area contributed by atoms with Crippen LogP contribution in [0.4, 0.5) is 0 Å². The van der Waals surface area contributed by atoms with Gasteiger partial charge in [-0.05, 0) is 19.3 Å². The maximum Gasteiger partial charge on any atom is 0.319 e. The molecule has 0 aliphatic carbocycles. The van der Waals surface area contributed by atoms with Crippen LogP contribution in [0.15, 0.2) is 0 Å². The average molecular weight is 388 g/mol. The van der Waals surface area contributed by atoms with Gasteiger partial charge in [-0.25, -0.2) is 0 Å². The van der Waals surface area contributed by atoms with Gasteiger partial charge in [0.2, 0.25) is 0 Å². The van der Waals surface area contributed by atoms with E-state index in [0.29, 0.717) is 13.0 Å². The monoisotopic (exact) mass is 387 g/mol. The van der Waals surface area contributed by atoms with Gasteiger partial charge in [0.1, 0.15) is 0 Å². The van der Waals surface area contributed by atoms with Crippen LogP contribution in [-0.4, -0.2) is 35.6 Å². The van der Waals surface area contributed by atoms with Crippen LogP contribution in [0.3, 0.4) is 0 Å². The van der Waals surface area contributed by atoms with E-state index in [2.05, 4.69) is 0 Å². The lowest BCUT2D eigenvalue weighted by Gasteiger charge is -2.05. The van der Waals surface area contributed by atoms with Gasteiger partial charge in [-0.3, -0.25) is 4.79 Å². The van der Waals surface area contributed by atoms with Crippen molar-refractivity contribution in [3.05, 3.63) is 0 Å². The van der Waals surface area contributed by atoms with Crippen LogP contribution in [0, 0.1) is 0 Å². The van der Waals surface area contributed by atoms with Gasteiger partial charge in [-0.1, -0.05) is 96.3 Å². The Morgan fingerprint density at radius 1 is 0.630 bits per heavy atom. The van der Waals surface area contributed by atoms with Crippen LogP contribution >= 0.6 is 0 Å². The van der Waals surface area contributed by atoms with Crippen LogP contribution < -0.4 is 5.73 Å². The van der Waals surface area contributed by atoms with Crippen molar-refractivity contribution in [3.63, 3.8) is 0 Å². The highest BCUT2D eigenvalue weighted by molar-refractivity contribution is 5.71. The summed E-state index contributed by atoms with van der Waals surface area (Å²) in [6.45, 7) is 0.502. The molecular formula is C22H45NO4. The zero-order valence-electron chi connectivity index (χ0n) is 17.5. The summed E-state index contributed by atoms with van der Waals surface area (Å²) in [6.07, 6.45) is 20.8. The maximum atomic E-state index is 10.9. The molecule has 0 saturated carbocycles. The number of esters is 1. The predicted molar refractivity (Wildman–Crippen MR) is 111 cm³/mol. The quantitative estimate of drug-likeness (QED) is 0.149. The molecule has 5 nitrogen and oxygen atoms in total. The van der Waals surface area contributed by atoms with Crippen LogP contribution in [0.5, 0.6) is 0 Å². The molecule has 0 bridgehead atoms. The van der Waals surface area contributed by atoms with Gasteiger partial charge < -0.3 is 20.7 Å². The lowest BCUT2D eigenvalue weighted by molar-refractivity contribution is -0.142. The molecule has 162 valence electrons. The number of carbonyl (C=O) groups is 1. The molecule has 0 unspecified atom stereocenters. The van der Waals surface area contributed by atoms with E-state index in [0.717, 1.165) is 25.7 Å². The Kier molecular flexibility index (Phi) is 21.1. The summed E-state index contributed by atoms with van der Waals surface area (Å²) in [5.41, 5.74) is 5.17. The normalized spacial score (nSPS) is 11.3. The van der Waals surface area contributed by atoms with Crippen molar-refractivity contribution in [2.24, 2.45) is 5.73 Å². The molecule has 5 heteroatoms. The Hall–Kier alpha value is -0.650. The molecule has 0 atom stereocenters. The fourth-order valence-electron chi connectivity index (χ4n) is 3.33. The minimum absolute atomic E-state index is 0.0153. The van der Waals surface area contributed by atoms with Crippen molar-refractivity contribution in [2.75, 3.05) is 13.2 Å². The first-order valence-corrected chi connectivity index (χ1v) is 11.4. The van der Waals surface area contributed by atoms with Crippen LogP contribution in [-0.2, 0) is 9.53 Å². The van der Waals surface area contributed by atoms with Crippen molar-refractivity contribution in [2.45, 2.75) is 122 Å². The molecule has 0 aliphatic heterocycles. The van der Waals surface area contributed by atoms with E-state index in [1.807, 2.05) is 0 Å². The summed E-state index contributed by atoms with van der Waals surface area (Å²) in [5.74, 6) is -0.300. The van der Waals surface area contributed by atoms with Crippen molar-refractivity contribution in [1.29, 1.82) is 0 Å². The first-order chi connectivity index (χ1) is 13.2. The second kappa shape index (κ2) is 21.6. The van der Waals surface area contributed by atoms with Gasteiger partial charge in [0.15, 0.2) is 6.29 Å². The number of aliphatic hydroxyl groups is 2. The van der Waals surface area contributed by atoms with Crippen LogP contribution in [0.2, 0.25) is 0 Å². The number of hydrogen-bond acceptors (Lipinski definition) is 5. The van der Waals surface area contributed by atoms with Gasteiger partial charge in [-0.15, -0.1) is 0 Å². The Balaban J connectivity index is 3.02. The largest absolute Gasteiger partial charge is 0.465 e. The predicted octanol–water partition coefficient (Wildman–Crippen LogP) is 4.82. The summed E-state index contributed by atoms with van der Waals surface area (Å²) < 4.78 is 4.95. The van der Waals surface area contributed by atoms with E-state index >= 15 is 0 Å². The first-order valence-electron chi connectivity index (χ1n) is 11.4. The van der Waals surface area contributed by atoms with Gasteiger partial charge in [-0.2, -0.15) is 0 Å². The van der Waals surface area contributed by atoms with E-state index in [1.165, 1.54) is 83.5 Å². The lowest BCUT2D eigenvalue weighted by atomic mass is 10.0. The highest BCUT2D eigenvalue weighted by atomic mass is 16.5. The lowest BCUT2D eigenvalue weighted by Crippen LogP contribution is -2.17. The molecule has 0 spiro atoms. The number of aliphatic hydroxyl groups excluding tert-OH is 1. The van der Waals surface area contributed by atoms with Crippen LogP contribution in [0.1, 0.15) is 116 Å². The van der Waals surface area contributed by atoms with Gasteiger partial charge in [0, 0.05) is 0 Å². The van der Waals surface area contributed by atoms with E-state index in [4.69, 9.17) is 20.7 Å². The molecule has 0 aromatic heterocycles. The van der Waals surface area contributed by atoms with Gasteiger partial charge >= 0.3 is 5.97 Å². The smallest absolute Gasteiger partial charge is 0.319 e. The topological polar surface area (TPSA) is 92.8 Å².